The molecule has 0 aromatic carbocycles. The molecule has 0 bridgehead atoms. The summed E-state index contributed by atoms with van der Waals surface area (Å²) >= 11 is 0. The summed E-state index contributed by atoms with van der Waals surface area (Å²) in [7, 11) is -3.07. The molecule has 0 aromatic rings. The van der Waals surface area contributed by atoms with Gasteiger partial charge in [0.25, 0.3) is 0 Å². The highest BCUT2D eigenvalue weighted by molar-refractivity contribution is 7.89. The van der Waals surface area contributed by atoms with Gasteiger partial charge in [-0.3, -0.25) is 0 Å². The molecule has 2 atom stereocenters. The largest absolute Gasteiger partial charge is 0.316 e. The maximum Gasteiger partial charge on any atom is 0.216 e. The van der Waals surface area contributed by atoms with E-state index in [-0.39, 0.29) is 11.3 Å². The first kappa shape index (κ1) is 13.3. The monoisotopic (exact) mass is 260 g/mol. The van der Waals surface area contributed by atoms with Gasteiger partial charge >= 0.3 is 0 Å². The number of nitrogens with zero attached hydrogens (tertiary/aromatic N) is 1. The van der Waals surface area contributed by atoms with Crippen molar-refractivity contribution in [2.75, 3.05) is 19.6 Å². The highest BCUT2D eigenvalue weighted by atomic mass is 32.2. The molecule has 0 amide bonds. The van der Waals surface area contributed by atoms with Crippen LogP contribution in [-0.4, -0.2) is 43.6 Å². The third-order valence-corrected chi connectivity index (χ3v) is 6.35. The third kappa shape index (κ3) is 2.66. The van der Waals surface area contributed by atoms with E-state index in [1.807, 2.05) is 0 Å². The molecule has 2 heterocycles. The molecule has 5 heteroatoms. The van der Waals surface area contributed by atoms with E-state index in [2.05, 4.69) is 5.32 Å². The first-order chi connectivity index (χ1) is 8.03. The van der Waals surface area contributed by atoms with Crippen LogP contribution in [0.25, 0.3) is 0 Å². The van der Waals surface area contributed by atoms with Gasteiger partial charge in [0, 0.05) is 12.6 Å². The van der Waals surface area contributed by atoms with E-state index >= 15 is 0 Å². The summed E-state index contributed by atoms with van der Waals surface area (Å²) < 4.78 is 26.4. The van der Waals surface area contributed by atoms with Crippen LogP contribution < -0.4 is 5.32 Å². The second-order valence-electron chi connectivity index (χ2n) is 5.52. The molecule has 100 valence electrons. The van der Waals surface area contributed by atoms with E-state index in [9.17, 15) is 8.42 Å². The molecule has 1 N–H and O–H groups in total. The van der Waals surface area contributed by atoms with Crippen LogP contribution in [0.5, 0.6) is 0 Å². The maximum absolute atomic E-state index is 12.3. The fraction of sp³-hybridized carbons (Fsp3) is 1.00. The average molecular weight is 260 g/mol. The lowest BCUT2D eigenvalue weighted by Crippen LogP contribution is -2.47. The number of hydrogen-bond donors (Lipinski definition) is 1. The Hall–Kier alpha value is -0.130. The summed E-state index contributed by atoms with van der Waals surface area (Å²) in [4.78, 5) is 0. The minimum Gasteiger partial charge on any atom is -0.316 e. The van der Waals surface area contributed by atoms with Crippen molar-refractivity contribution >= 4 is 10.0 Å². The van der Waals surface area contributed by atoms with Crippen molar-refractivity contribution in [1.29, 1.82) is 0 Å². The van der Waals surface area contributed by atoms with Gasteiger partial charge in [-0.15, -0.1) is 0 Å². The number of rotatable bonds is 3. The normalized spacial score (nSPS) is 32.2. The average Bonchev–Trinajstić information content (AvgIpc) is 2.79. The maximum atomic E-state index is 12.3. The Kier molecular flexibility index (Phi) is 4.10. The van der Waals surface area contributed by atoms with Crippen molar-refractivity contribution < 1.29 is 8.42 Å². The quantitative estimate of drug-likeness (QED) is 0.829. The zero-order chi connectivity index (χ0) is 12.5. The molecule has 2 fully saturated rings. The highest BCUT2D eigenvalue weighted by Gasteiger charge is 2.40. The van der Waals surface area contributed by atoms with Crippen molar-refractivity contribution in [3.05, 3.63) is 0 Å². The Bertz CT molecular complexity index is 348. The van der Waals surface area contributed by atoms with Gasteiger partial charge in [0.2, 0.25) is 10.0 Å². The number of piperidine rings is 1. The summed E-state index contributed by atoms with van der Waals surface area (Å²) in [6.07, 6.45) is 4.41. The standard InChI is InChI=1S/C12H24N2O2S/c1-10(2)17(15,16)14-8-4-6-12(14)11-5-3-7-13-9-11/h10-13H,3-9H2,1-2H3. The Labute approximate surface area is 105 Å². The molecule has 2 unspecified atom stereocenters. The van der Waals surface area contributed by atoms with Gasteiger partial charge in [-0.05, 0) is 58.5 Å². The molecular formula is C12H24N2O2S. The smallest absolute Gasteiger partial charge is 0.216 e. The van der Waals surface area contributed by atoms with E-state index in [4.69, 9.17) is 0 Å². The van der Waals surface area contributed by atoms with Crippen LogP contribution in [0.2, 0.25) is 0 Å². The third-order valence-electron chi connectivity index (χ3n) is 4.05. The van der Waals surface area contributed by atoms with Gasteiger partial charge < -0.3 is 5.32 Å². The number of nitrogens with one attached hydrogen (secondary N) is 1. The zero-order valence-electron chi connectivity index (χ0n) is 10.9. The van der Waals surface area contributed by atoms with E-state index in [1.165, 1.54) is 12.8 Å². The molecule has 2 aliphatic rings. The predicted octanol–water partition coefficient (Wildman–Crippen LogP) is 1.19. The van der Waals surface area contributed by atoms with Crippen molar-refractivity contribution in [3.63, 3.8) is 0 Å². The number of sulfonamides is 1. The van der Waals surface area contributed by atoms with Crippen LogP contribution in [0.3, 0.4) is 0 Å². The van der Waals surface area contributed by atoms with Crippen LogP contribution in [-0.2, 0) is 10.0 Å². The highest BCUT2D eigenvalue weighted by Crippen LogP contribution is 2.31. The zero-order valence-corrected chi connectivity index (χ0v) is 11.7. The van der Waals surface area contributed by atoms with E-state index < -0.39 is 10.0 Å². The Morgan fingerprint density at radius 2 is 2.00 bits per heavy atom. The predicted molar refractivity (Wildman–Crippen MR) is 69.4 cm³/mol. The van der Waals surface area contributed by atoms with Crippen LogP contribution in [0.4, 0.5) is 0 Å². The van der Waals surface area contributed by atoms with Crippen LogP contribution in [0.1, 0.15) is 39.5 Å². The molecule has 2 aliphatic heterocycles. The molecule has 0 saturated carbocycles. The summed E-state index contributed by atoms with van der Waals surface area (Å²) in [5.74, 6) is 0.514. The Morgan fingerprint density at radius 3 is 2.59 bits per heavy atom. The second-order valence-corrected chi connectivity index (χ2v) is 7.96. The lowest BCUT2D eigenvalue weighted by atomic mass is 9.91. The summed E-state index contributed by atoms with van der Waals surface area (Å²) in [6, 6.07) is 0.246. The molecule has 0 aliphatic carbocycles. The Morgan fingerprint density at radius 1 is 1.24 bits per heavy atom. The first-order valence-electron chi connectivity index (χ1n) is 6.75. The molecule has 0 radical (unpaired) electrons. The van der Waals surface area contributed by atoms with Gasteiger partial charge in [-0.2, -0.15) is 4.31 Å². The molecule has 0 spiro atoms. The van der Waals surface area contributed by atoms with Crippen molar-refractivity contribution in [2.24, 2.45) is 5.92 Å². The minimum atomic E-state index is -3.07. The lowest BCUT2D eigenvalue weighted by molar-refractivity contribution is 0.238. The van der Waals surface area contributed by atoms with Gasteiger partial charge in [0.15, 0.2) is 0 Å². The molecular weight excluding hydrogens is 236 g/mol. The SMILES string of the molecule is CC(C)S(=O)(=O)N1CCCC1C1CCCNC1. The van der Waals surface area contributed by atoms with Crippen molar-refractivity contribution in [3.8, 4) is 0 Å². The van der Waals surface area contributed by atoms with Crippen LogP contribution >= 0.6 is 0 Å². The molecule has 0 aromatic heterocycles. The van der Waals surface area contributed by atoms with Crippen LogP contribution in [0, 0.1) is 5.92 Å². The van der Waals surface area contributed by atoms with E-state index in [1.54, 1.807) is 18.2 Å². The van der Waals surface area contributed by atoms with E-state index in [0.29, 0.717) is 5.92 Å². The van der Waals surface area contributed by atoms with Crippen molar-refractivity contribution in [2.45, 2.75) is 50.8 Å². The molecule has 2 saturated heterocycles. The summed E-state index contributed by atoms with van der Waals surface area (Å²) in [6.45, 7) is 6.35. The Balaban J connectivity index is 2.11. The number of hydrogen-bond acceptors (Lipinski definition) is 3. The van der Waals surface area contributed by atoms with Crippen molar-refractivity contribution in [1.82, 2.24) is 9.62 Å². The summed E-state index contributed by atoms with van der Waals surface area (Å²) in [5, 5.41) is 3.10. The van der Waals surface area contributed by atoms with Gasteiger partial charge in [-0.1, -0.05) is 0 Å². The van der Waals surface area contributed by atoms with Gasteiger partial charge in [0.1, 0.15) is 0 Å². The van der Waals surface area contributed by atoms with E-state index in [0.717, 1.165) is 32.5 Å². The fourth-order valence-corrected chi connectivity index (χ4v) is 4.61. The first-order valence-corrected chi connectivity index (χ1v) is 8.25. The summed E-state index contributed by atoms with van der Waals surface area (Å²) in [5.41, 5.74) is 0. The minimum absolute atomic E-state index is 0.246. The van der Waals surface area contributed by atoms with Crippen LogP contribution in [0.15, 0.2) is 0 Å². The molecule has 2 rings (SSSR count). The topological polar surface area (TPSA) is 49.4 Å². The van der Waals surface area contributed by atoms with Gasteiger partial charge in [0.05, 0.1) is 5.25 Å². The molecule has 4 nitrogen and oxygen atoms in total. The fourth-order valence-electron chi connectivity index (χ4n) is 3.03. The van der Waals surface area contributed by atoms with Gasteiger partial charge in [-0.25, -0.2) is 8.42 Å². The molecule has 17 heavy (non-hydrogen) atoms. The lowest BCUT2D eigenvalue weighted by Gasteiger charge is -2.34. The second kappa shape index (κ2) is 5.24.